The van der Waals surface area contributed by atoms with E-state index in [0.717, 1.165) is 6.42 Å². The van der Waals surface area contributed by atoms with E-state index in [9.17, 15) is 19.2 Å². The van der Waals surface area contributed by atoms with Crippen LogP contribution >= 0.6 is 0 Å². The summed E-state index contributed by atoms with van der Waals surface area (Å²) in [6, 6.07) is 4.93. The van der Waals surface area contributed by atoms with E-state index in [1.54, 1.807) is 52.0 Å². The summed E-state index contributed by atoms with van der Waals surface area (Å²) in [6.07, 6.45) is 7.04. The number of hydrogen-bond acceptors (Lipinski definition) is 6. The smallest absolute Gasteiger partial charge is 0.408 e. The molecule has 0 spiro atoms. The van der Waals surface area contributed by atoms with Gasteiger partial charge in [-0.2, -0.15) is 0 Å². The highest BCUT2D eigenvalue weighted by atomic mass is 16.6. The van der Waals surface area contributed by atoms with Crippen LogP contribution in [-0.2, 0) is 23.9 Å². The average Bonchev–Trinajstić information content (AvgIpc) is 2.88. The van der Waals surface area contributed by atoms with Crippen molar-refractivity contribution in [3.63, 3.8) is 0 Å². The molecule has 0 aliphatic heterocycles. The summed E-state index contributed by atoms with van der Waals surface area (Å²) < 4.78 is 10.4. The SMILES string of the molecule is C#Cc1ccccc1C(C(=O)NCCC(=O)OCC)N(CCCC)C(=O)C(NC(=O)OC(C)(C)C)C(C)CC. The van der Waals surface area contributed by atoms with Gasteiger partial charge in [0.25, 0.3) is 0 Å². The van der Waals surface area contributed by atoms with Crippen LogP contribution in [0.5, 0.6) is 0 Å². The first-order chi connectivity index (χ1) is 18.4. The lowest BCUT2D eigenvalue weighted by Gasteiger charge is -2.36. The molecule has 0 saturated carbocycles. The standard InChI is InChI=1S/C30H45N3O6/c1-9-13-20-33(28(36)25(21(5)10-2)32-29(37)39-30(6,7)8)26(23-17-15-14-16-22(23)11-3)27(35)31-19-18-24(34)38-12-4/h3,14-17,21,25-26H,9-10,12-13,18-20H2,1-2,4-8H3,(H,31,35)(H,32,37). The predicted octanol–water partition coefficient (Wildman–Crippen LogP) is 4.35. The van der Waals surface area contributed by atoms with Crippen molar-refractivity contribution in [2.24, 2.45) is 5.92 Å². The number of carbonyl (C=O) groups excluding carboxylic acids is 4. The minimum atomic E-state index is -1.08. The summed E-state index contributed by atoms with van der Waals surface area (Å²) in [6.45, 7) is 13.2. The van der Waals surface area contributed by atoms with E-state index in [1.165, 1.54) is 4.90 Å². The zero-order valence-corrected chi connectivity index (χ0v) is 24.5. The Hall–Kier alpha value is -3.54. The molecule has 3 amide bonds. The number of nitrogens with zero attached hydrogens (tertiary/aromatic N) is 1. The molecule has 0 aromatic heterocycles. The number of unbranched alkanes of at least 4 members (excludes halogenated alkanes) is 1. The Balaban J connectivity index is 3.51. The summed E-state index contributed by atoms with van der Waals surface area (Å²) in [5, 5.41) is 5.51. The number of alkyl carbamates (subject to hydrolysis) is 1. The van der Waals surface area contributed by atoms with Gasteiger partial charge in [-0.3, -0.25) is 14.4 Å². The molecule has 0 aliphatic rings. The van der Waals surface area contributed by atoms with Crippen molar-refractivity contribution in [1.29, 1.82) is 0 Å². The second-order valence-electron chi connectivity index (χ2n) is 10.4. The highest BCUT2D eigenvalue weighted by molar-refractivity contribution is 5.92. The first-order valence-corrected chi connectivity index (χ1v) is 13.7. The molecule has 0 heterocycles. The van der Waals surface area contributed by atoms with Crippen molar-refractivity contribution < 1.29 is 28.7 Å². The first kappa shape index (κ1) is 33.5. The third-order valence-electron chi connectivity index (χ3n) is 6.09. The largest absolute Gasteiger partial charge is 0.466 e. The van der Waals surface area contributed by atoms with Gasteiger partial charge in [-0.15, -0.1) is 6.42 Å². The van der Waals surface area contributed by atoms with Crippen LogP contribution in [0.4, 0.5) is 4.79 Å². The molecule has 1 aromatic carbocycles. The lowest BCUT2D eigenvalue weighted by atomic mass is 9.94. The normalized spacial score (nSPS) is 13.3. The van der Waals surface area contributed by atoms with Gasteiger partial charge >= 0.3 is 12.1 Å². The maximum atomic E-state index is 14.2. The molecule has 3 unspecified atom stereocenters. The molecule has 9 nitrogen and oxygen atoms in total. The summed E-state index contributed by atoms with van der Waals surface area (Å²) in [4.78, 5) is 53.9. The summed E-state index contributed by atoms with van der Waals surface area (Å²) >= 11 is 0. The third-order valence-corrected chi connectivity index (χ3v) is 6.09. The maximum absolute atomic E-state index is 14.2. The number of ether oxygens (including phenoxy) is 2. The van der Waals surface area contributed by atoms with Gasteiger partial charge in [-0.1, -0.05) is 57.7 Å². The number of amides is 3. The summed E-state index contributed by atoms with van der Waals surface area (Å²) in [5.41, 5.74) is 0.207. The molecular weight excluding hydrogens is 498 g/mol. The third kappa shape index (κ3) is 11.0. The van der Waals surface area contributed by atoms with Crippen LogP contribution in [0.15, 0.2) is 24.3 Å². The number of rotatable bonds is 14. The van der Waals surface area contributed by atoms with Crippen LogP contribution in [0, 0.1) is 18.3 Å². The van der Waals surface area contributed by atoms with Crippen molar-refractivity contribution in [2.75, 3.05) is 19.7 Å². The van der Waals surface area contributed by atoms with E-state index < -0.39 is 41.6 Å². The number of terminal acetylenes is 1. The lowest BCUT2D eigenvalue weighted by molar-refractivity contribution is -0.145. The molecular formula is C30H45N3O6. The van der Waals surface area contributed by atoms with Crippen molar-refractivity contribution in [3.8, 4) is 12.3 Å². The highest BCUT2D eigenvalue weighted by Crippen LogP contribution is 2.27. The summed E-state index contributed by atoms with van der Waals surface area (Å²) in [5.74, 6) is 1.04. The molecule has 9 heteroatoms. The Morgan fingerprint density at radius 3 is 2.33 bits per heavy atom. The van der Waals surface area contributed by atoms with Crippen LogP contribution < -0.4 is 10.6 Å². The Kier molecular flexibility index (Phi) is 14.1. The van der Waals surface area contributed by atoms with Gasteiger partial charge < -0.3 is 25.0 Å². The van der Waals surface area contributed by atoms with E-state index in [2.05, 4.69) is 16.6 Å². The fourth-order valence-electron chi connectivity index (χ4n) is 3.93. The Morgan fingerprint density at radius 2 is 1.77 bits per heavy atom. The quantitative estimate of drug-likeness (QED) is 0.266. The predicted molar refractivity (Wildman–Crippen MR) is 151 cm³/mol. The topological polar surface area (TPSA) is 114 Å². The van der Waals surface area contributed by atoms with E-state index in [0.29, 0.717) is 24.0 Å². The fraction of sp³-hybridized carbons (Fsp3) is 0.600. The second kappa shape index (κ2) is 16.4. The Labute approximate surface area is 233 Å². The molecule has 0 aliphatic carbocycles. The van der Waals surface area contributed by atoms with Crippen molar-refractivity contribution in [2.45, 2.75) is 91.8 Å². The van der Waals surface area contributed by atoms with E-state index >= 15 is 0 Å². The van der Waals surface area contributed by atoms with Crippen LogP contribution in [0.1, 0.15) is 91.3 Å². The maximum Gasteiger partial charge on any atom is 0.408 e. The minimum absolute atomic E-state index is 0.0122. The van der Waals surface area contributed by atoms with Gasteiger partial charge in [0, 0.05) is 18.7 Å². The molecule has 3 atom stereocenters. The number of benzene rings is 1. The monoisotopic (exact) mass is 543 g/mol. The number of esters is 1. The first-order valence-electron chi connectivity index (χ1n) is 13.7. The molecule has 0 fully saturated rings. The van der Waals surface area contributed by atoms with E-state index in [1.807, 2.05) is 20.8 Å². The van der Waals surface area contributed by atoms with Gasteiger partial charge in [-0.05, 0) is 51.7 Å². The van der Waals surface area contributed by atoms with Crippen LogP contribution in [-0.4, -0.2) is 60.1 Å². The van der Waals surface area contributed by atoms with Gasteiger partial charge in [0.05, 0.1) is 13.0 Å². The van der Waals surface area contributed by atoms with Crippen LogP contribution in [0.25, 0.3) is 0 Å². The molecule has 0 saturated heterocycles. The van der Waals surface area contributed by atoms with Crippen molar-refractivity contribution >= 4 is 23.9 Å². The molecule has 1 rings (SSSR count). The van der Waals surface area contributed by atoms with E-state index in [-0.39, 0.29) is 32.0 Å². The lowest BCUT2D eigenvalue weighted by Crippen LogP contribution is -2.55. The van der Waals surface area contributed by atoms with Crippen molar-refractivity contribution in [3.05, 3.63) is 35.4 Å². The van der Waals surface area contributed by atoms with Gasteiger partial charge in [0.15, 0.2) is 0 Å². The molecule has 1 aromatic rings. The zero-order chi connectivity index (χ0) is 29.6. The number of carbonyl (C=O) groups is 4. The van der Waals surface area contributed by atoms with Gasteiger partial charge in [0.1, 0.15) is 17.7 Å². The number of nitrogens with one attached hydrogen (secondary N) is 2. The highest BCUT2D eigenvalue weighted by Gasteiger charge is 2.38. The zero-order valence-electron chi connectivity index (χ0n) is 24.5. The van der Waals surface area contributed by atoms with Crippen LogP contribution in [0.3, 0.4) is 0 Å². The molecule has 2 N–H and O–H groups in total. The Bertz CT molecular complexity index is 1010. The number of hydrogen-bond donors (Lipinski definition) is 2. The van der Waals surface area contributed by atoms with E-state index in [4.69, 9.17) is 15.9 Å². The van der Waals surface area contributed by atoms with Crippen LogP contribution in [0.2, 0.25) is 0 Å². The fourth-order valence-corrected chi connectivity index (χ4v) is 3.93. The minimum Gasteiger partial charge on any atom is -0.466 e. The van der Waals surface area contributed by atoms with Crippen molar-refractivity contribution in [1.82, 2.24) is 15.5 Å². The van der Waals surface area contributed by atoms with Gasteiger partial charge in [0.2, 0.25) is 11.8 Å². The average molecular weight is 544 g/mol. The second-order valence-corrected chi connectivity index (χ2v) is 10.4. The van der Waals surface area contributed by atoms with Gasteiger partial charge in [-0.25, -0.2) is 4.79 Å². The molecule has 216 valence electrons. The summed E-state index contributed by atoms with van der Waals surface area (Å²) in [7, 11) is 0. The molecule has 0 radical (unpaired) electrons. The molecule has 39 heavy (non-hydrogen) atoms. The molecule has 0 bridgehead atoms. The Morgan fingerprint density at radius 1 is 1.10 bits per heavy atom.